The number of nitrogens with zero attached hydrogens (tertiary/aromatic N) is 2. The van der Waals surface area contributed by atoms with E-state index >= 15 is 0 Å². The molecule has 1 aromatic carbocycles. The normalized spacial score (nSPS) is 14.1. The Balaban J connectivity index is 1.93. The highest BCUT2D eigenvalue weighted by atomic mass is 32.2. The van der Waals surface area contributed by atoms with Gasteiger partial charge >= 0.3 is 0 Å². The SMILES string of the molecule is CS(=O)(=O)Nc1ccc(N2C(=O)c3cccnc3C2=O)cc1. The minimum atomic E-state index is -3.38. The van der Waals surface area contributed by atoms with Crippen LogP contribution in [-0.2, 0) is 10.0 Å². The molecule has 8 heteroatoms. The van der Waals surface area contributed by atoms with Crippen LogP contribution in [-0.4, -0.2) is 31.5 Å². The van der Waals surface area contributed by atoms with Crippen LogP contribution in [0, 0.1) is 0 Å². The first-order chi connectivity index (χ1) is 10.4. The third-order valence-corrected chi connectivity index (χ3v) is 3.68. The van der Waals surface area contributed by atoms with E-state index in [2.05, 4.69) is 9.71 Å². The number of aromatic nitrogens is 1. The van der Waals surface area contributed by atoms with Gasteiger partial charge in [-0.25, -0.2) is 13.3 Å². The average molecular weight is 317 g/mol. The van der Waals surface area contributed by atoms with Crippen LogP contribution in [0.25, 0.3) is 0 Å². The number of fused-ring (bicyclic) bond motifs is 1. The van der Waals surface area contributed by atoms with E-state index in [1.807, 2.05) is 0 Å². The molecule has 1 aliphatic rings. The van der Waals surface area contributed by atoms with E-state index < -0.39 is 21.8 Å². The summed E-state index contributed by atoms with van der Waals surface area (Å²) in [6.45, 7) is 0. The zero-order valence-corrected chi connectivity index (χ0v) is 12.3. The molecule has 1 aliphatic heterocycles. The monoisotopic (exact) mass is 317 g/mol. The van der Waals surface area contributed by atoms with Crippen LogP contribution in [0.5, 0.6) is 0 Å². The molecule has 112 valence electrons. The quantitative estimate of drug-likeness (QED) is 0.860. The number of anilines is 2. The fourth-order valence-electron chi connectivity index (χ4n) is 2.19. The Labute approximate surface area is 126 Å². The van der Waals surface area contributed by atoms with Gasteiger partial charge in [-0.3, -0.25) is 19.3 Å². The lowest BCUT2D eigenvalue weighted by molar-refractivity contribution is 0.0924. The van der Waals surface area contributed by atoms with Gasteiger partial charge in [-0.2, -0.15) is 0 Å². The van der Waals surface area contributed by atoms with Crippen molar-refractivity contribution in [1.82, 2.24) is 4.98 Å². The van der Waals surface area contributed by atoms with Crippen molar-refractivity contribution < 1.29 is 18.0 Å². The fraction of sp³-hybridized carbons (Fsp3) is 0.0714. The number of nitrogens with one attached hydrogen (secondary N) is 1. The van der Waals surface area contributed by atoms with Gasteiger partial charge < -0.3 is 0 Å². The lowest BCUT2D eigenvalue weighted by atomic mass is 10.2. The number of hydrogen-bond donors (Lipinski definition) is 1. The minimum Gasteiger partial charge on any atom is -0.284 e. The average Bonchev–Trinajstić information content (AvgIpc) is 2.71. The Morgan fingerprint density at radius 3 is 2.32 bits per heavy atom. The number of rotatable bonds is 3. The predicted octanol–water partition coefficient (Wildman–Crippen LogP) is 1.25. The predicted molar refractivity (Wildman–Crippen MR) is 80.3 cm³/mol. The third-order valence-electron chi connectivity index (χ3n) is 3.08. The zero-order valence-electron chi connectivity index (χ0n) is 11.5. The minimum absolute atomic E-state index is 0.117. The molecule has 1 N–H and O–H groups in total. The van der Waals surface area contributed by atoms with Crippen LogP contribution < -0.4 is 9.62 Å². The molecular weight excluding hydrogens is 306 g/mol. The van der Waals surface area contributed by atoms with E-state index in [0.29, 0.717) is 11.4 Å². The molecule has 0 bridgehead atoms. The smallest absolute Gasteiger partial charge is 0.284 e. The molecule has 0 saturated carbocycles. The molecule has 22 heavy (non-hydrogen) atoms. The molecule has 0 atom stereocenters. The first kappa shape index (κ1) is 14.2. The Morgan fingerprint density at radius 1 is 1.05 bits per heavy atom. The lowest BCUT2D eigenvalue weighted by Crippen LogP contribution is -2.29. The van der Waals surface area contributed by atoms with Crippen molar-refractivity contribution in [3.63, 3.8) is 0 Å². The van der Waals surface area contributed by atoms with Crippen molar-refractivity contribution in [2.24, 2.45) is 0 Å². The van der Waals surface area contributed by atoms with E-state index in [1.165, 1.54) is 30.5 Å². The number of pyridine rings is 1. The second kappa shape index (κ2) is 4.92. The van der Waals surface area contributed by atoms with E-state index in [9.17, 15) is 18.0 Å². The molecule has 0 saturated heterocycles. The molecule has 0 fully saturated rings. The number of carbonyl (C=O) groups is 2. The van der Waals surface area contributed by atoms with Crippen molar-refractivity contribution in [3.05, 3.63) is 53.9 Å². The summed E-state index contributed by atoms with van der Waals surface area (Å²) in [5, 5.41) is 0. The summed E-state index contributed by atoms with van der Waals surface area (Å²) in [4.78, 5) is 29.5. The van der Waals surface area contributed by atoms with E-state index in [4.69, 9.17) is 0 Å². The second-order valence-electron chi connectivity index (χ2n) is 4.77. The molecule has 0 spiro atoms. The third kappa shape index (κ3) is 2.44. The van der Waals surface area contributed by atoms with Crippen LogP contribution in [0.2, 0.25) is 0 Å². The highest BCUT2D eigenvalue weighted by Crippen LogP contribution is 2.27. The zero-order chi connectivity index (χ0) is 15.9. The Bertz CT molecular complexity index is 840. The molecule has 0 radical (unpaired) electrons. The second-order valence-corrected chi connectivity index (χ2v) is 6.51. The summed E-state index contributed by atoms with van der Waals surface area (Å²) >= 11 is 0. The van der Waals surface area contributed by atoms with Gasteiger partial charge in [0.2, 0.25) is 10.0 Å². The van der Waals surface area contributed by atoms with Crippen LogP contribution in [0.3, 0.4) is 0 Å². The number of carbonyl (C=O) groups excluding carboxylic acids is 2. The van der Waals surface area contributed by atoms with E-state index in [-0.39, 0.29) is 11.3 Å². The number of hydrogen-bond acceptors (Lipinski definition) is 5. The van der Waals surface area contributed by atoms with Crippen molar-refractivity contribution in [1.29, 1.82) is 0 Å². The van der Waals surface area contributed by atoms with Gasteiger partial charge in [0.1, 0.15) is 5.69 Å². The molecule has 2 heterocycles. The van der Waals surface area contributed by atoms with Crippen molar-refractivity contribution in [3.8, 4) is 0 Å². The molecule has 1 aromatic heterocycles. The van der Waals surface area contributed by atoms with Crippen molar-refractivity contribution in [2.75, 3.05) is 15.9 Å². The van der Waals surface area contributed by atoms with E-state index in [0.717, 1.165) is 11.2 Å². The van der Waals surface area contributed by atoms with Gasteiger partial charge in [-0.15, -0.1) is 0 Å². The highest BCUT2D eigenvalue weighted by Gasteiger charge is 2.37. The maximum absolute atomic E-state index is 12.3. The molecule has 0 aliphatic carbocycles. The maximum atomic E-state index is 12.3. The summed E-state index contributed by atoms with van der Waals surface area (Å²) in [6.07, 6.45) is 2.49. The van der Waals surface area contributed by atoms with Gasteiger partial charge in [-0.1, -0.05) is 0 Å². The Morgan fingerprint density at radius 2 is 1.73 bits per heavy atom. The van der Waals surface area contributed by atoms with Crippen molar-refractivity contribution >= 4 is 33.2 Å². The van der Waals surface area contributed by atoms with Crippen molar-refractivity contribution in [2.45, 2.75) is 0 Å². The van der Waals surface area contributed by atoms with Gasteiger partial charge in [0.05, 0.1) is 17.5 Å². The fourth-order valence-corrected chi connectivity index (χ4v) is 2.76. The molecule has 3 rings (SSSR count). The van der Waals surface area contributed by atoms with Gasteiger partial charge in [0, 0.05) is 11.9 Å². The topological polar surface area (TPSA) is 96.4 Å². The summed E-state index contributed by atoms with van der Waals surface area (Å²) in [5.41, 5.74) is 1.07. The summed E-state index contributed by atoms with van der Waals surface area (Å²) < 4.78 is 24.6. The highest BCUT2D eigenvalue weighted by molar-refractivity contribution is 7.92. The largest absolute Gasteiger partial charge is 0.284 e. The first-order valence-electron chi connectivity index (χ1n) is 6.28. The summed E-state index contributed by atoms with van der Waals surface area (Å²) in [5.74, 6) is -0.943. The van der Waals surface area contributed by atoms with Crippen LogP contribution in [0.4, 0.5) is 11.4 Å². The standard InChI is InChI=1S/C14H11N3O4S/c1-22(20,21)16-9-4-6-10(7-5-9)17-13(18)11-3-2-8-15-12(11)14(17)19/h2-8,16H,1H3. The van der Waals surface area contributed by atoms with Gasteiger partial charge in [0.15, 0.2) is 0 Å². The number of sulfonamides is 1. The van der Waals surface area contributed by atoms with Crippen LogP contribution in [0.15, 0.2) is 42.6 Å². The molecule has 2 amide bonds. The summed E-state index contributed by atoms with van der Waals surface area (Å²) in [7, 11) is -3.38. The molecule has 0 unspecified atom stereocenters. The summed E-state index contributed by atoms with van der Waals surface area (Å²) in [6, 6.07) is 9.08. The van der Waals surface area contributed by atoms with Gasteiger partial charge in [0.25, 0.3) is 11.8 Å². The maximum Gasteiger partial charge on any atom is 0.284 e. The van der Waals surface area contributed by atoms with Crippen LogP contribution >= 0.6 is 0 Å². The lowest BCUT2D eigenvalue weighted by Gasteiger charge is -2.14. The number of imide groups is 1. The first-order valence-corrected chi connectivity index (χ1v) is 8.17. The Kier molecular flexibility index (Phi) is 3.18. The molecular formula is C14H11N3O4S. The molecule has 2 aromatic rings. The molecule has 7 nitrogen and oxygen atoms in total. The van der Waals surface area contributed by atoms with Crippen LogP contribution in [0.1, 0.15) is 20.8 Å². The van der Waals surface area contributed by atoms with Gasteiger partial charge in [-0.05, 0) is 36.4 Å². The number of amides is 2. The van der Waals surface area contributed by atoms with E-state index in [1.54, 1.807) is 12.1 Å². The number of benzene rings is 1. The Hall–Kier alpha value is -2.74.